The highest BCUT2D eigenvalue weighted by atomic mass is 32.2. The number of sulfone groups is 1. The Hall–Kier alpha value is -2.80. The van der Waals surface area contributed by atoms with Gasteiger partial charge in [0, 0.05) is 30.5 Å². The molecule has 2 aromatic carbocycles. The first-order chi connectivity index (χ1) is 15.0. The van der Waals surface area contributed by atoms with Crippen LogP contribution in [0.2, 0.25) is 0 Å². The van der Waals surface area contributed by atoms with Crippen molar-refractivity contribution in [2.24, 2.45) is 0 Å². The van der Waals surface area contributed by atoms with E-state index in [0.717, 1.165) is 6.26 Å². The van der Waals surface area contributed by atoms with E-state index in [1.165, 1.54) is 46.8 Å². The summed E-state index contributed by atoms with van der Waals surface area (Å²) in [6.45, 7) is 2.67. The molecule has 0 bridgehead atoms. The number of hydrazine groups is 1. The monoisotopic (exact) mass is 481 g/mol. The molecule has 0 saturated carbocycles. The maximum absolute atomic E-state index is 12.8. The average molecular weight is 482 g/mol. The molecule has 0 aromatic heterocycles. The first-order valence-electron chi connectivity index (χ1n) is 9.59. The Labute approximate surface area is 186 Å². The molecule has 0 spiro atoms. The molecular formula is C20H23N3O7S2. The van der Waals surface area contributed by atoms with Crippen molar-refractivity contribution in [3.63, 3.8) is 0 Å². The Morgan fingerprint density at radius 3 is 2.22 bits per heavy atom. The van der Waals surface area contributed by atoms with E-state index in [2.05, 4.69) is 10.9 Å². The first kappa shape index (κ1) is 23.9. The summed E-state index contributed by atoms with van der Waals surface area (Å²) in [7, 11) is -7.30. The Morgan fingerprint density at radius 2 is 1.56 bits per heavy atom. The largest absolute Gasteiger partial charge is 0.379 e. The van der Waals surface area contributed by atoms with Gasteiger partial charge in [0.15, 0.2) is 9.84 Å². The van der Waals surface area contributed by atoms with Gasteiger partial charge in [-0.05, 0) is 42.8 Å². The molecule has 10 nitrogen and oxygen atoms in total. The van der Waals surface area contributed by atoms with Crippen LogP contribution in [0.25, 0.3) is 0 Å². The van der Waals surface area contributed by atoms with Gasteiger partial charge in [-0.25, -0.2) is 16.8 Å². The molecule has 1 aliphatic rings. The lowest BCUT2D eigenvalue weighted by molar-refractivity contribution is 0.0730. The van der Waals surface area contributed by atoms with Gasteiger partial charge < -0.3 is 4.74 Å². The summed E-state index contributed by atoms with van der Waals surface area (Å²) in [5.41, 5.74) is 5.08. The van der Waals surface area contributed by atoms with Crippen molar-refractivity contribution in [3.05, 3.63) is 59.2 Å². The number of hydrogen-bond acceptors (Lipinski definition) is 7. The minimum absolute atomic E-state index is 0.0272. The lowest BCUT2D eigenvalue weighted by atomic mass is 10.1. The van der Waals surface area contributed by atoms with E-state index in [-0.39, 0.29) is 34.0 Å². The second-order valence-electron chi connectivity index (χ2n) is 7.20. The zero-order chi connectivity index (χ0) is 23.5. The van der Waals surface area contributed by atoms with Crippen molar-refractivity contribution in [2.45, 2.75) is 16.7 Å². The van der Waals surface area contributed by atoms with Crippen LogP contribution >= 0.6 is 0 Å². The van der Waals surface area contributed by atoms with Crippen molar-refractivity contribution in [1.82, 2.24) is 15.2 Å². The number of hydrogen-bond donors (Lipinski definition) is 2. The number of aryl methyl sites for hydroxylation is 1. The van der Waals surface area contributed by atoms with Crippen molar-refractivity contribution in [2.75, 3.05) is 32.6 Å². The summed E-state index contributed by atoms with van der Waals surface area (Å²) in [4.78, 5) is 24.9. The number of carbonyl (C=O) groups is 2. The van der Waals surface area contributed by atoms with E-state index < -0.39 is 31.7 Å². The zero-order valence-electron chi connectivity index (χ0n) is 17.5. The zero-order valence-corrected chi connectivity index (χ0v) is 19.1. The third-order valence-corrected chi connectivity index (χ3v) is 7.88. The lowest BCUT2D eigenvalue weighted by Crippen LogP contribution is -2.42. The van der Waals surface area contributed by atoms with E-state index in [9.17, 15) is 26.4 Å². The van der Waals surface area contributed by atoms with Crippen LogP contribution in [-0.4, -0.2) is 65.5 Å². The number of sulfonamides is 1. The normalized spacial score (nSPS) is 15.2. The molecule has 2 amide bonds. The van der Waals surface area contributed by atoms with Gasteiger partial charge in [0.2, 0.25) is 10.0 Å². The summed E-state index contributed by atoms with van der Waals surface area (Å²) in [5, 5.41) is 0. The highest BCUT2D eigenvalue weighted by Gasteiger charge is 2.27. The summed E-state index contributed by atoms with van der Waals surface area (Å²) < 4.78 is 55.5. The summed E-state index contributed by atoms with van der Waals surface area (Å²) in [5.74, 6) is -1.44. The highest BCUT2D eigenvalue weighted by molar-refractivity contribution is 7.90. The van der Waals surface area contributed by atoms with E-state index >= 15 is 0 Å². The standard InChI is InChI=1S/C20H23N3O7S2/c1-14-6-7-16(31(2,26)27)13-18(14)20(25)22-21-19(24)15-4-3-5-17(12-15)32(28,29)23-8-10-30-11-9-23/h3-7,12-13H,8-11H2,1-2H3,(H,21,24)(H,22,25). The summed E-state index contributed by atoms with van der Waals surface area (Å²) in [6, 6.07) is 9.57. The van der Waals surface area contributed by atoms with E-state index in [4.69, 9.17) is 4.74 Å². The molecule has 0 atom stereocenters. The molecule has 1 aliphatic heterocycles. The third-order valence-electron chi connectivity index (χ3n) is 4.88. The molecule has 0 radical (unpaired) electrons. The van der Waals surface area contributed by atoms with Gasteiger partial charge >= 0.3 is 0 Å². The molecule has 2 N–H and O–H groups in total. The fourth-order valence-corrected chi connectivity index (χ4v) is 5.16. The molecule has 32 heavy (non-hydrogen) atoms. The summed E-state index contributed by atoms with van der Waals surface area (Å²) >= 11 is 0. The first-order valence-corrected chi connectivity index (χ1v) is 12.9. The maximum atomic E-state index is 12.8. The number of nitrogens with zero attached hydrogens (tertiary/aromatic N) is 1. The fourth-order valence-electron chi connectivity index (χ4n) is 3.06. The molecule has 3 rings (SSSR count). The van der Waals surface area contributed by atoms with Crippen LogP contribution in [-0.2, 0) is 24.6 Å². The van der Waals surface area contributed by atoms with Gasteiger partial charge in [0.25, 0.3) is 11.8 Å². The average Bonchev–Trinajstić information content (AvgIpc) is 2.77. The molecule has 1 heterocycles. The smallest absolute Gasteiger partial charge is 0.270 e. The minimum Gasteiger partial charge on any atom is -0.379 e. The Bertz CT molecular complexity index is 1250. The molecule has 0 unspecified atom stereocenters. The molecular weight excluding hydrogens is 458 g/mol. The van der Waals surface area contributed by atoms with Gasteiger partial charge in [0.05, 0.1) is 23.0 Å². The van der Waals surface area contributed by atoms with Gasteiger partial charge in [-0.15, -0.1) is 0 Å². The highest BCUT2D eigenvalue weighted by Crippen LogP contribution is 2.19. The fraction of sp³-hybridized carbons (Fsp3) is 0.300. The van der Waals surface area contributed by atoms with Gasteiger partial charge in [-0.3, -0.25) is 20.4 Å². The van der Waals surface area contributed by atoms with Crippen molar-refractivity contribution < 1.29 is 31.2 Å². The van der Waals surface area contributed by atoms with Crippen LogP contribution in [0.5, 0.6) is 0 Å². The topological polar surface area (TPSA) is 139 Å². The lowest BCUT2D eigenvalue weighted by Gasteiger charge is -2.26. The number of nitrogens with one attached hydrogen (secondary N) is 2. The van der Waals surface area contributed by atoms with Crippen LogP contribution in [0.3, 0.4) is 0 Å². The van der Waals surface area contributed by atoms with Gasteiger partial charge in [-0.1, -0.05) is 12.1 Å². The quantitative estimate of drug-likeness (QED) is 0.593. The number of rotatable bonds is 5. The number of morpholine rings is 1. The molecule has 2 aromatic rings. The van der Waals surface area contributed by atoms with Crippen LogP contribution in [0.4, 0.5) is 0 Å². The molecule has 0 aliphatic carbocycles. The van der Waals surface area contributed by atoms with Gasteiger partial charge in [-0.2, -0.15) is 4.31 Å². The van der Waals surface area contributed by atoms with Crippen LogP contribution in [0.1, 0.15) is 26.3 Å². The van der Waals surface area contributed by atoms with Crippen molar-refractivity contribution in [1.29, 1.82) is 0 Å². The predicted octanol–water partition coefficient (Wildman–Crippen LogP) is 0.494. The van der Waals surface area contributed by atoms with E-state index in [1.54, 1.807) is 6.92 Å². The Morgan fingerprint density at radius 1 is 0.906 bits per heavy atom. The van der Waals surface area contributed by atoms with Crippen LogP contribution in [0.15, 0.2) is 52.3 Å². The number of carbonyl (C=O) groups excluding carboxylic acids is 2. The van der Waals surface area contributed by atoms with E-state index in [1.807, 2.05) is 0 Å². The third kappa shape index (κ3) is 5.33. The summed E-state index contributed by atoms with van der Waals surface area (Å²) in [6.07, 6.45) is 1.03. The second-order valence-corrected chi connectivity index (χ2v) is 11.2. The molecule has 172 valence electrons. The van der Waals surface area contributed by atoms with Crippen LogP contribution < -0.4 is 10.9 Å². The van der Waals surface area contributed by atoms with Crippen molar-refractivity contribution in [3.8, 4) is 0 Å². The van der Waals surface area contributed by atoms with Crippen molar-refractivity contribution >= 4 is 31.7 Å². The molecule has 1 saturated heterocycles. The van der Waals surface area contributed by atoms with Crippen LogP contribution in [0, 0.1) is 6.92 Å². The van der Waals surface area contributed by atoms with E-state index in [0.29, 0.717) is 18.8 Å². The Balaban J connectivity index is 1.73. The number of amides is 2. The molecule has 1 fully saturated rings. The second kappa shape index (κ2) is 9.36. The number of ether oxygens (including phenoxy) is 1. The SMILES string of the molecule is Cc1ccc(S(C)(=O)=O)cc1C(=O)NNC(=O)c1cccc(S(=O)(=O)N2CCOCC2)c1. The Kier molecular flexibility index (Phi) is 6.98. The predicted molar refractivity (Wildman–Crippen MR) is 115 cm³/mol. The molecule has 12 heteroatoms. The maximum Gasteiger partial charge on any atom is 0.270 e. The minimum atomic E-state index is -3.79. The number of benzene rings is 2. The van der Waals surface area contributed by atoms with Gasteiger partial charge in [0.1, 0.15) is 0 Å².